The van der Waals surface area contributed by atoms with Crippen LogP contribution in [0.4, 0.5) is 0 Å². The number of aromatic nitrogens is 1. The minimum Gasteiger partial charge on any atom is -0.344 e. The summed E-state index contributed by atoms with van der Waals surface area (Å²) in [6, 6.07) is 8.93. The Morgan fingerprint density at radius 1 is 1.16 bits per heavy atom. The molecule has 3 nitrogen and oxygen atoms in total. The largest absolute Gasteiger partial charge is 0.344 e. The second-order valence-corrected chi connectivity index (χ2v) is 5.46. The second kappa shape index (κ2) is 5.35. The van der Waals surface area contributed by atoms with Crippen LogP contribution in [0.15, 0.2) is 24.3 Å². The first-order valence-electron chi connectivity index (χ1n) is 7.35. The van der Waals surface area contributed by atoms with Crippen LogP contribution in [0.1, 0.15) is 31.0 Å². The third-order valence-corrected chi connectivity index (χ3v) is 4.19. The van der Waals surface area contributed by atoms with E-state index in [1.807, 2.05) is 0 Å². The van der Waals surface area contributed by atoms with Gasteiger partial charge in [-0.2, -0.15) is 0 Å². The molecule has 0 spiro atoms. The molecular weight excluding hydrogens is 234 g/mol. The Morgan fingerprint density at radius 2 is 1.95 bits per heavy atom. The Labute approximate surface area is 115 Å². The van der Waals surface area contributed by atoms with Gasteiger partial charge in [0.15, 0.2) is 0 Å². The molecule has 0 saturated carbocycles. The van der Waals surface area contributed by atoms with Crippen LogP contribution < -0.4 is 5.73 Å². The summed E-state index contributed by atoms with van der Waals surface area (Å²) < 4.78 is 2.44. The summed E-state index contributed by atoms with van der Waals surface area (Å²) in [5.41, 5.74) is 9.74. The van der Waals surface area contributed by atoms with Crippen molar-refractivity contribution < 1.29 is 0 Å². The number of likely N-dealkylation sites (tertiary alicyclic amines) is 1. The molecule has 1 aliphatic heterocycles. The maximum Gasteiger partial charge on any atom is 0.0486 e. The molecule has 2 aromatic rings. The van der Waals surface area contributed by atoms with Gasteiger partial charge in [-0.3, -0.25) is 4.90 Å². The first-order chi connectivity index (χ1) is 9.31. The van der Waals surface area contributed by atoms with Crippen LogP contribution in [-0.4, -0.2) is 22.6 Å². The Bertz CT molecular complexity index is 565. The number of nitrogens with two attached hydrogens (primary N) is 1. The molecule has 1 aromatic heterocycles. The minimum atomic E-state index is 0.617. The number of aryl methyl sites for hydroxylation is 1. The predicted molar refractivity (Wildman–Crippen MR) is 80.0 cm³/mol. The molecule has 3 heteroatoms. The van der Waals surface area contributed by atoms with E-state index in [9.17, 15) is 0 Å². The fourth-order valence-corrected chi connectivity index (χ4v) is 3.16. The maximum absolute atomic E-state index is 5.75. The summed E-state index contributed by atoms with van der Waals surface area (Å²) in [6.45, 7) is 7.45. The van der Waals surface area contributed by atoms with Crippen molar-refractivity contribution in [3.8, 4) is 0 Å². The SMILES string of the molecule is CCn1c(CN2CCCC2)cc2ccc(CN)cc21. The van der Waals surface area contributed by atoms with Crippen LogP contribution in [0.3, 0.4) is 0 Å². The Morgan fingerprint density at radius 3 is 2.63 bits per heavy atom. The van der Waals surface area contributed by atoms with Gasteiger partial charge in [-0.1, -0.05) is 12.1 Å². The monoisotopic (exact) mass is 257 g/mol. The predicted octanol–water partition coefficient (Wildman–Crippen LogP) is 2.72. The van der Waals surface area contributed by atoms with E-state index in [4.69, 9.17) is 5.73 Å². The third kappa shape index (κ3) is 2.40. The highest BCUT2D eigenvalue weighted by molar-refractivity contribution is 5.82. The smallest absolute Gasteiger partial charge is 0.0486 e. The summed E-state index contributed by atoms with van der Waals surface area (Å²) in [5.74, 6) is 0. The van der Waals surface area contributed by atoms with Gasteiger partial charge in [-0.05, 0) is 55.9 Å². The molecule has 1 aliphatic rings. The quantitative estimate of drug-likeness (QED) is 0.914. The molecule has 2 N–H and O–H groups in total. The molecule has 19 heavy (non-hydrogen) atoms. The van der Waals surface area contributed by atoms with Crippen molar-refractivity contribution in [3.63, 3.8) is 0 Å². The van der Waals surface area contributed by atoms with Crippen molar-refractivity contribution in [2.75, 3.05) is 13.1 Å². The number of hydrogen-bond acceptors (Lipinski definition) is 2. The van der Waals surface area contributed by atoms with Crippen molar-refractivity contribution in [1.29, 1.82) is 0 Å². The fourth-order valence-electron chi connectivity index (χ4n) is 3.16. The molecule has 0 bridgehead atoms. The lowest BCUT2D eigenvalue weighted by Gasteiger charge is -2.16. The maximum atomic E-state index is 5.75. The fraction of sp³-hybridized carbons (Fsp3) is 0.500. The van der Waals surface area contributed by atoms with Crippen molar-refractivity contribution in [2.24, 2.45) is 5.73 Å². The van der Waals surface area contributed by atoms with Gasteiger partial charge in [0.2, 0.25) is 0 Å². The second-order valence-electron chi connectivity index (χ2n) is 5.46. The zero-order chi connectivity index (χ0) is 13.2. The van der Waals surface area contributed by atoms with Crippen molar-refractivity contribution >= 4 is 10.9 Å². The molecule has 1 aromatic carbocycles. The van der Waals surface area contributed by atoms with E-state index < -0.39 is 0 Å². The van der Waals surface area contributed by atoms with Gasteiger partial charge in [0.25, 0.3) is 0 Å². The lowest BCUT2D eigenvalue weighted by molar-refractivity contribution is 0.322. The van der Waals surface area contributed by atoms with Crippen LogP contribution >= 0.6 is 0 Å². The zero-order valence-electron chi connectivity index (χ0n) is 11.7. The number of hydrogen-bond donors (Lipinski definition) is 1. The lowest BCUT2D eigenvalue weighted by atomic mass is 10.1. The highest BCUT2D eigenvalue weighted by atomic mass is 15.2. The molecule has 0 unspecified atom stereocenters. The van der Waals surface area contributed by atoms with E-state index in [1.165, 1.54) is 48.1 Å². The van der Waals surface area contributed by atoms with Gasteiger partial charge in [-0.25, -0.2) is 0 Å². The average molecular weight is 257 g/mol. The van der Waals surface area contributed by atoms with Crippen molar-refractivity contribution in [1.82, 2.24) is 9.47 Å². The third-order valence-electron chi connectivity index (χ3n) is 4.19. The van der Waals surface area contributed by atoms with E-state index in [0.29, 0.717) is 6.54 Å². The topological polar surface area (TPSA) is 34.2 Å². The van der Waals surface area contributed by atoms with E-state index in [0.717, 1.165) is 13.1 Å². The highest BCUT2D eigenvalue weighted by Gasteiger charge is 2.15. The number of fused-ring (bicyclic) bond motifs is 1. The summed E-state index contributed by atoms with van der Waals surface area (Å²) in [5, 5.41) is 1.34. The Hall–Kier alpha value is -1.32. The van der Waals surface area contributed by atoms with Gasteiger partial charge in [-0.15, -0.1) is 0 Å². The molecule has 2 heterocycles. The molecular formula is C16H23N3. The number of rotatable bonds is 4. The van der Waals surface area contributed by atoms with Gasteiger partial charge in [0.05, 0.1) is 0 Å². The number of nitrogens with zero attached hydrogens (tertiary/aromatic N) is 2. The summed E-state index contributed by atoms with van der Waals surface area (Å²) in [7, 11) is 0. The van der Waals surface area contributed by atoms with Crippen LogP contribution in [0.25, 0.3) is 10.9 Å². The molecule has 102 valence electrons. The van der Waals surface area contributed by atoms with Crippen LogP contribution in [0.2, 0.25) is 0 Å². The zero-order valence-corrected chi connectivity index (χ0v) is 11.7. The lowest BCUT2D eigenvalue weighted by Crippen LogP contribution is -2.20. The van der Waals surface area contributed by atoms with E-state index in [1.54, 1.807) is 0 Å². The van der Waals surface area contributed by atoms with Crippen LogP contribution in [0.5, 0.6) is 0 Å². The van der Waals surface area contributed by atoms with Crippen LogP contribution in [0, 0.1) is 0 Å². The molecule has 0 atom stereocenters. The highest BCUT2D eigenvalue weighted by Crippen LogP contribution is 2.23. The molecule has 0 radical (unpaired) electrons. The van der Waals surface area contributed by atoms with Gasteiger partial charge in [0.1, 0.15) is 0 Å². The summed E-state index contributed by atoms with van der Waals surface area (Å²) in [6.07, 6.45) is 2.70. The minimum absolute atomic E-state index is 0.617. The normalized spacial score (nSPS) is 16.5. The van der Waals surface area contributed by atoms with Crippen LogP contribution in [-0.2, 0) is 19.6 Å². The van der Waals surface area contributed by atoms with Gasteiger partial charge < -0.3 is 10.3 Å². The van der Waals surface area contributed by atoms with Crippen molar-refractivity contribution in [3.05, 3.63) is 35.5 Å². The van der Waals surface area contributed by atoms with E-state index in [2.05, 4.69) is 40.7 Å². The first kappa shape index (κ1) is 12.7. The summed E-state index contributed by atoms with van der Waals surface area (Å²) in [4.78, 5) is 2.56. The average Bonchev–Trinajstić information content (AvgIpc) is 3.05. The molecule has 1 fully saturated rings. The van der Waals surface area contributed by atoms with Crippen molar-refractivity contribution in [2.45, 2.75) is 39.4 Å². The van der Waals surface area contributed by atoms with E-state index >= 15 is 0 Å². The molecule has 0 amide bonds. The molecule has 3 rings (SSSR count). The first-order valence-corrected chi connectivity index (χ1v) is 7.35. The summed E-state index contributed by atoms with van der Waals surface area (Å²) >= 11 is 0. The number of benzene rings is 1. The Kier molecular flexibility index (Phi) is 3.58. The molecule has 1 saturated heterocycles. The standard InChI is InChI=1S/C16H23N3/c1-2-19-15(12-18-7-3-4-8-18)10-14-6-5-13(11-17)9-16(14)19/h5-6,9-10H,2-4,7-8,11-12,17H2,1H3. The van der Waals surface area contributed by atoms with Gasteiger partial charge >= 0.3 is 0 Å². The van der Waals surface area contributed by atoms with Gasteiger partial charge in [0, 0.05) is 30.8 Å². The molecule has 0 aliphatic carbocycles. The Balaban J connectivity index is 1.98. The van der Waals surface area contributed by atoms with E-state index in [-0.39, 0.29) is 0 Å².